The third kappa shape index (κ3) is 4.04. The summed E-state index contributed by atoms with van der Waals surface area (Å²) in [6.07, 6.45) is 0.991. The second-order valence-corrected chi connectivity index (χ2v) is 8.29. The van der Waals surface area contributed by atoms with Crippen LogP contribution in [0.15, 0.2) is 60.7 Å². The van der Waals surface area contributed by atoms with E-state index in [9.17, 15) is 10.1 Å². The topological polar surface area (TPSA) is 103 Å². The molecule has 34 heavy (non-hydrogen) atoms. The summed E-state index contributed by atoms with van der Waals surface area (Å²) in [4.78, 5) is 14.1. The van der Waals surface area contributed by atoms with Crippen molar-refractivity contribution in [3.63, 3.8) is 0 Å². The average Bonchev–Trinajstić information content (AvgIpc) is 3.25. The number of nitrogens with one attached hydrogen (secondary N) is 1. The molecule has 1 unspecified atom stereocenters. The summed E-state index contributed by atoms with van der Waals surface area (Å²) < 4.78 is 16.9. The van der Waals surface area contributed by atoms with Gasteiger partial charge in [-0.2, -0.15) is 0 Å². The van der Waals surface area contributed by atoms with E-state index in [0.717, 1.165) is 41.1 Å². The predicted octanol–water partition coefficient (Wildman–Crippen LogP) is 3.88. The fraction of sp³-hybridized carbons (Fsp3) is 0.231. The van der Waals surface area contributed by atoms with Gasteiger partial charge in [0.1, 0.15) is 23.9 Å². The Labute approximate surface area is 196 Å². The number of nitro groups is 1. The van der Waals surface area contributed by atoms with Gasteiger partial charge < -0.3 is 24.5 Å². The third-order valence-corrected chi connectivity index (χ3v) is 6.36. The summed E-state index contributed by atoms with van der Waals surface area (Å²) >= 11 is 0. The Bertz CT molecular complexity index is 1350. The highest BCUT2D eigenvalue weighted by molar-refractivity contribution is 5.86. The van der Waals surface area contributed by atoms with E-state index in [1.807, 2.05) is 12.1 Å². The summed E-state index contributed by atoms with van der Waals surface area (Å²) in [5.74, 6) is 2.16. The second-order valence-electron chi connectivity index (χ2n) is 8.29. The van der Waals surface area contributed by atoms with E-state index in [-0.39, 0.29) is 18.3 Å². The molecule has 1 aliphatic rings. The molecule has 0 saturated carbocycles. The molecule has 2 heterocycles. The Morgan fingerprint density at radius 2 is 1.82 bits per heavy atom. The lowest BCUT2D eigenvalue weighted by Crippen LogP contribution is -2.87. The van der Waals surface area contributed by atoms with Crippen LogP contribution in [-0.2, 0) is 13.0 Å². The normalized spacial score (nSPS) is 15.1. The van der Waals surface area contributed by atoms with Crippen molar-refractivity contribution in [3.05, 3.63) is 93.2 Å². The fourth-order valence-electron chi connectivity index (χ4n) is 4.65. The number of benzene rings is 3. The van der Waals surface area contributed by atoms with Crippen LogP contribution in [0.3, 0.4) is 0 Å². The van der Waals surface area contributed by atoms with Crippen molar-refractivity contribution in [1.82, 2.24) is 4.98 Å². The first-order valence-corrected chi connectivity index (χ1v) is 11.1. The number of H-pyrrole nitrogens is 1. The number of ether oxygens (including phenoxy) is 3. The lowest BCUT2D eigenvalue weighted by molar-refractivity contribution is -0.690. The molecule has 1 aromatic heterocycles. The van der Waals surface area contributed by atoms with Gasteiger partial charge in [-0.05, 0) is 54.1 Å². The summed E-state index contributed by atoms with van der Waals surface area (Å²) in [5.41, 5.74) is 5.76. The Morgan fingerprint density at radius 3 is 2.56 bits per heavy atom. The Kier molecular flexibility index (Phi) is 5.81. The molecule has 174 valence electrons. The van der Waals surface area contributed by atoms with Crippen LogP contribution in [0.4, 0.5) is 5.69 Å². The van der Waals surface area contributed by atoms with Gasteiger partial charge in [0.25, 0.3) is 5.69 Å². The molecule has 1 atom stereocenters. The van der Waals surface area contributed by atoms with E-state index in [1.54, 1.807) is 26.4 Å². The number of non-ortho nitro benzene ring substituents is 1. The number of methoxy groups -OCH3 is 2. The number of nitro benzene ring substituents is 1. The number of rotatable bonds is 7. The van der Waals surface area contributed by atoms with Gasteiger partial charge in [-0.25, -0.2) is 0 Å². The van der Waals surface area contributed by atoms with Gasteiger partial charge >= 0.3 is 0 Å². The zero-order valence-electron chi connectivity index (χ0n) is 19.0. The van der Waals surface area contributed by atoms with Crippen LogP contribution < -0.4 is 19.5 Å². The Hall–Kier alpha value is -4.04. The summed E-state index contributed by atoms with van der Waals surface area (Å²) in [7, 11) is 3.33. The fourth-order valence-corrected chi connectivity index (χ4v) is 4.65. The molecular weight excluding hydrogens is 434 g/mol. The van der Waals surface area contributed by atoms with Gasteiger partial charge in [0.2, 0.25) is 0 Å². The number of hydrogen-bond acceptors (Lipinski definition) is 5. The lowest BCUT2D eigenvalue weighted by Gasteiger charge is -2.22. The molecule has 1 aliphatic heterocycles. The number of quaternary nitrogens is 1. The highest BCUT2D eigenvalue weighted by Crippen LogP contribution is 2.34. The molecule has 0 saturated heterocycles. The van der Waals surface area contributed by atoms with Crippen molar-refractivity contribution in [3.8, 4) is 17.2 Å². The van der Waals surface area contributed by atoms with Crippen molar-refractivity contribution in [2.45, 2.75) is 19.1 Å². The minimum atomic E-state index is -0.425. The minimum absolute atomic E-state index is 0.0338. The van der Waals surface area contributed by atoms with E-state index < -0.39 is 4.92 Å². The maximum atomic E-state index is 10.9. The van der Waals surface area contributed by atoms with Crippen LogP contribution in [-0.4, -0.2) is 30.7 Å². The molecule has 3 N–H and O–H groups in total. The highest BCUT2D eigenvalue weighted by atomic mass is 16.6. The quantitative estimate of drug-likeness (QED) is 0.322. The minimum Gasteiger partial charge on any atom is -0.497 e. The number of nitrogens with two attached hydrogens (primary N) is 1. The van der Waals surface area contributed by atoms with Crippen molar-refractivity contribution in [2.75, 3.05) is 20.8 Å². The summed E-state index contributed by atoms with van der Waals surface area (Å²) in [6, 6.07) is 18.5. The molecule has 0 aliphatic carbocycles. The largest absolute Gasteiger partial charge is 0.497 e. The van der Waals surface area contributed by atoms with Gasteiger partial charge in [-0.1, -0.05) is 0 Å². The van der Waals surface area contributed by atoms with Gasteiger partial charge in [0.15, 0.2) is 6.04 Å². The number of aromatic nitrogens is 1. The first kappa shape index (κ1) is 21.8. The molecule has 3 aromatic carbocycles. The molecule has 8 nitrogen and oxygen atoms in total. The van der Waals surface area contributed by atoms with Gasteiger partial charge in [-0.15, -0.1) is 0 Å². The van der Waals surface area contributed by atoms with E-state index in [2.05, 4.69) is 34.6 Å². The molecule has 0 radical (unpaired) electrons. The highest BCUT2D eigenvalue weighted by Gasteiger charge is 2.29. The van der Waals surface area contributed by atoms with Crippen molar-refractivity contribution in [2.24, 2.45) is 0 Å². The molecular formula is C26H26N3O5+. The number of nitrogens with zero attached hydrogens (tertiary/aromatic N) is 1. The Balaban J connectivity index is 1.44. The van der Waals surface area contributed by atoms with Crippen molar-refractivity contribution in [1.29, 1.82) is 0 Å². The van der Waals surface area contributed by atoms with Crippen LogP contribution in [0.25, 0.3) is 10.9 Å². The van der Waals surface area contributed by atoms with E-state index in [4.69, 9.17) is 14.2 Å². The lowest BCUT2D eigenvalue weighted by atomic mass is 9.93. The molecule has 5 rings (SSSR count). The molecule has 8 heteroatoms. The number of hydrogen-bond donors (Lipinski definition) is 2. The first-order valence-electron chi connectivity index (χ1n) is 11.1. The Morgan fingerprint density at radius 1 is 1.03 bits per heavy atom. The van der Waals surface area contributed by atoms with Crippen LogP contribution >= 0.6 is 0 Å². The predicted molar refractivity (Wildman–Crippen MR) is 128 cm³/mol. The van der Waals surface area contributed by atoms with Crippen molar-refractivity contribution < 1.29 is 24.5 Å². The van der Waals surface area contributed by atoms with Gasteiger partial charge in [0, 0.05) is 40.6 Å². The van der Waals surface area contributed by atoms with E-state index in [1.165, 1.54) is 28.8 Å². The summed E-state index contributed by atoms with van der Waals surface area (Å²) in [6.45, 7) is 1.28. The molecule has 0 bridgehead atoms. The van der Waals surface area contributed by atoms with Crippen LogP contribution in [0.1, 0.15) is 28.4 Å². The van der Waals surface area contributed by atoms with Crippen LogP contribution in [0, 0.1) is 10.1 Å². The molecule has 0 amide bonds. The van der Waals surface area contributed by atoms with Gasteiger partial charge in [-0.3, -0.25) is 10.1 Å². The molecule has 4 aromatic rings. The average molecular weight is 461 g/mol. The zero-order valence-corrected chi connectivity index (χ0v) is 19.0. The standard InChI is InChI=1S/C26H25N3O5/c1-32-20-8-9-23-22(14-20)21-11-12-27-25(26(21)28-23)16-3-10-24(33-2)17(13-16)15-34-19-6-4-18(5-7-19)29(30)31/h3-10,13-14,25,27-28H,11-12,15H2,1-2H3/p+1. The number of fused-ring (bicyclic) bond motifs is 3. The van der Waals surface area contributed by atoms with E-state index >= 15 is 0 Å². The molecule has 0 fully saturated rings. The van der Waals surface area contributed by atoms with Crippen molar-refractivity contribution >= 4 is 16.6 Å². The smallest absolute Gasteiger partial charge is 0.269 e. The number of aromatic amines is 1. The molecule has 0 spiro atoms. The first-order chi connectivity index (χ1) is 16.6. The van der Waals surface area contributed by atoms with Crippen LogP contribution in [0.2, 0.25) is 0 Å². The third-order valence-electron chi connectivity index (χ3n) is 6.36. The second kappa shape index (κ2) is 9.07. The SMILES string of the molecule is COc1ccc2[nH]c3c(c2c1)CC[NH2+]C3c1ccc(OC)c(COc2ccc([N+](=O)[O-])cc2)c1. The zero-order chi connectivity index (χ0) is 23.7. The van der Waals surface area contributed by atoms with E-state index in [0.29, 0.717) is 5.75 Å². The van der Waals surface area contributed by atoms with Gasteiger partial charge in [0.05, 0.1) is 31.4 Å². The maximum absolute atomic E-state index is 10.9. The van der Waals surface area contributed by atoms with Crippen LogP contribution in [0.5, 0.6) is 17.2 Å². The maximum Gasteiger partial charge on any atom is 0.269 e. The summed E-state index contributed by atoms with van der Waals surface area (Å²) in [5, 5.41) is 14.4. The monoisotopic (exact) mass is 460 g/mol.